The Kier molecular flexibility index (Phi) is 8.01. The molecule has 0 aromatic heterocycles. The van der Waals surface area contributed by atoms with Crippen molar-refractivity contribution >= 4 is 22.4 Å². The molecule has 1 saturated heterocycles. The van der Waals surface area contributed by atoms with Crippen molar-refractivity contribution in [3.8, 4) is 0 Å². The highest BCUT2D eigenvalue weighted by Gasteiger charge is 2.18. The second-order valence-electron chi connectivity index (χ2n) is 6.54. The van der Waals surface area contributed by atoms with Gasteiger partial charge >= 0.3 is 0 Å². The number of hydrogen-bond acceptors (Lipinski definition) is 3. The summed E-state index contributed by atoms with van der Waals surface area (Å²) < 4.78 is 27.5. The van der Waals surface area contributed by atoms with E-state index in [4.69, 9.17) is 0 Å². The lowest BCUT2D eigenvalue weighted by molar-refractivity contribution is 0.191. The van der Waals surface area contributed by atoms with E-state index in [0.717, 1.165) is 43.1 Å². The van der Waals surface area contributed by atoms with Gasteiger partial charge in [-0.3, -0.25) is 0 Å². The van der Waals surface area contributed by atoms with Crippen LogP contribution in [0.1, 0.15) is 37.3 Å². The maximum absolute atomic E-state index is 12.4. The number of hydrogen-bond donors (Lipinski definition) is 1. The molecule has 0 spiro atoms. The molecule has 0 saturated carbocycles. The molecule has 0 unspecified atom stereocenters. The van der Waals surface area contributed by atoms with Crippen molar-refractivity contribution in [2.24, 2.45) is 5.92 Å². The van der Waals surface area contributed by atoms with E-state index in [1.54, 1.807) is 6.07 Å². The van der Waals surface area contributed by atoms with Gasteiger partial charge in [-0.25, -0.2) is 13.1 Å². The van der Waals surface area contributed by atoms with E-state index in [1.807, 2.05) is 26.0 Å². The van der Waals surface area contributed by atoms with Crippen molar-refractivity contribution in [3.63, 3.8) is 0 Å². The predicted octanol–water partition coefficient (Wildman–Crippen LogP) is 3.13. The van der Waals surface area contributed by atoms with Gasteiger partial charge in [-0.05, 0) is 75.9 Å². The van der Waals surface area contributed by atoms with E-state index in [-0.39, 0.29) is 12.4 Å². The molecule has 0 atom stereocenters. The number of aryl methyl sites for hydroxylation is 2. The number of nitrogens with zero attached hydrogens (tertiary/aromatic N) is 1. The minimum absolute atomic E-state index is 0. The monoisotopic (exact) mass is 360 g/mol. The fraction of sp³-hybridized carbons (Fsp3) is 0.647. The minimum atomic E-state index is -3.39. The van der Waals surface area contributed by atoms with Gasteiger partial charge < -0.3 is 4.90 Å². The molecule has 4 nitrogen and oxygen atoms in total. The summed E-state index contributed by atoms with van der Waals surface area (Å²) >= 11 is 0. The van der Waals surface area contributed by atoms with Crippen LogP contribution in [0.5, 0.6) is 0 Å². The Morgan fingerprint density at radius 1 is 1.22 bits per heavy atom. The SMILES string of the molecule is Cc1ccc(C)c(S(=O)(=O)NCCCN2CCC(C)CC2)c1.Cl. The van der Waals surface area contributed by atoms with Gasteiger partial charge in [0.05, 0.1) is 4.90 Å². The van der Waals surface area contributed by atoms with Gasteiger partial charge in [0.15, 0.2) is 0 Å². The van der Waals surface area contributed by atoms with Crippen LogP contribution in [0.4, 0.5) is 0 Å². The average molecular weight is 361 g/mol. The molecule has 1 fully saturated rings. The van der Waals surface area contributed by atoms with Crippen molar-refractivity contribution in [2.45, 2.75) is 44.9 Å². The van der Waals surface area contributed by atoms with E-state index < -0.39 is 10.0 Å². The number of halogens is 1. The summed E-state index contributed by atoms with van der Waals surface area (Å²) in [7, 11) is -3.39. The van der Waals surface area contributed by atoms with Gasteiger partial charge in [0.1, 0.15) is 0 Å². The summed E-state index contributed by atoms with van der Waals surface area (Å²) in [6.45, 7) is 9.81. The van der Waals surface area contributed by atoms with E-state index in [0.29, 0.717) is 11.4 Å². The maximum atomic E-state index is 12.4. The molecule has 1 aromatic rings. The zero-order chi connectivity index (χ0) is 16.2. The molecule has 1 N–H and O–H groups in total. The molecule has 23 heavy (non-hydrogen) atoms. The van der Waals surface area contributed by atoms with Gasteiger partial charge in [0.2, 0.25) is 10.0 Å². The molecule has 1 aromatic carbocycles. The van der Waals surface area contributed by atoms with Crippen LogP contribution in [-0.4, -0.2) is 39.5 Å². The quantitative estimate of drug-likeness (QED) is 0.793. The smallest absolute Gasteiger partial charge is 0.240 e. The molecule has 1 aliphatic heterocycles. The Labute approximate surface area is 147 Å². The lowest BCUT2D eigenvalue weighted by atomic mass is 9.99. The highest BCUT2D eigenvalue weighted by molar-refractivity contribution is 7.89. The van der Waals surface area contributed by atoms with Gasteiger partial charge in [0.25, 0.3) is 0 Å². The van der Waals surface area contributed by atoms with Gasteiger partial charge in [-0.15, -0.1) is 12.4 Å². The predicted molar refractivity (Wildman–Crippen MR) is 97.8 cm³/mol. The Morgan fingerprint density at radius 3 is 2.52 bits per heavy atom. The van der Waals surface area contributed by atoms with Crippen LogP contribution >= 0.6 is 12.4 Å². The Balaban J connectivity index is 0.00000264. The first-order chi connectivity index (χ1) is 10.4. The van der Waals surface area contributed by atoms with Crippen molar-refractivity contribution in [1.82, 2.24) is 9.62 Å². The molecule has 1 aliphatic rings. The van der Waals surface area contributed by atoms with Crippen molar-refractivity contribution in [3.05, 3.63) is 29.3 Å². The third kappa shape index (κ3) is 6.07. The summed E-state index contributed by atoms with van der Waals surface area (Å²) in [5.74, 6) is 0.832. The topological polar surface area (TPSA) is 49.4 Å². The Bertz CT molecular complexity index is 597. The van der Waals surface area contributed by atoms with Crippen LogP contribution in [0, 0.1) is 19.8 Å². The number of likely N-dealkylation sites (tertiary alicyclic amines) is 1. The first-order valence-electron chi connectivity index (χ1n) is 8.18. The number of sulfonamides is 1. The van der Waals surface area contributed by atoms with Crippen molar-refractivity contribution in [1.29, 1.82) is 0 Å². The third-order valence-corrected chi connectivity index (χ3v) is 6.06. The third-order valence-electron chi connectivity index (χ3n) is 4.45. The second kappa shape index (κ2) is 9.02. The lowest BCUT2D eigenvalue weighted by Crippen LogP contribution is -2.35. The normalized spacial score (nSPS) is 17.0. The van der Waals surface area contributed by atoms with Crippen LogP contribution < -0.4 is 4.72 Å². The van der Waals surface area contributed by atoms with Crippen LogP contribution in [-0.2, 0) is 10.0 Å². The molecular formula is C17H29ClN2O2S. The maximum Gasteiger partial charge on any atom is 0.240 e. The lowest BCUT2D eigenvalue weighted by Gasteiger charge is -2.30. The van der Waals surface area contributed by atoms with Crippen LogP contribution in [0.25, 0.3) is 0 Å². The van der Waals surface area contributed by atoms with Crippen molar-refractivity contribution < 1.29 is 8.42 Å². The van der Waals surface area contributed by atoms with Gasteiger partial charge in [-0.2, -0.15) is 0 Å². The summed E-state index contributed by atoms with van der Waals surface area (Å²) in [5, 5.41) is 0. The standard InChI is InChI=1S/C17H28N2O2S.ClH/c1-14-7-11-19(12-8-14)10-4-9-18-22(20,21)17-13-15(2)5-6-16(17)3;/h5-6,13-14,18H,4,7-12H2,1-3H3;1H. The second-order valence-corrected chi connectivity index (χ2v) is 8.28. The number of piperidine rings is 1. The van der Waals surface area contributed by atoms with E-state index in [1.165, 1.54) is 12.8 Å². The number of benzene rings is 1. The molecule has 0 aliphatic carbocycles. The zero-order valence-electron chi connectivity index (χ0n) is 14.3. The molecule has 132 valence electrons. The molecular weight excluding hydrogens is 332 g/mol. The zero-order valence-corrected chi connectivity index (χ0v) is 16.0. The van der Waals surface area contributed by atoms with Crippen LogP contribution in [0.2, 0.25) is 0 Å². The highest BCUT2D eigenvalue weighted by atomic mass is 35.5. The summed E-state index contributed by atoms with van der Waals surface area (Å²) in [4.78, 5) is 2.84. The fourth-order valence-electron chi connectivity index (χ4n) is 2.87. The first kappa shape index (κ1) is 20.4. The minimum Gasteiger partial charge on any atom is -0.303 e. The highest BCUT2D eigenvalue weighted by Crippen LogP contribution is 2.17. The van der Waals surface area contributed by atoms with E-state index in [2.05, 4.69) is 16.5 Å². The Morgan fingerprint density at radius 2 is 1.87 bits per heavy atom. The number of rotatable bonds is 6. The Hall–Kier alpha value is -0.620. The molecule has 2 rings (SSSR count). The summed E-state index contributed by atoms with van der Waals surface area (Å²) in [6, 6.07) is 5.54. The van der Waals surface area contributed by atoms with Crippen LogP contribution in [0.15, 0.2) is 23.1 Å². The number of nitrogens with one attached hydrogen (secondary N) is 1. The summed E-state index contributed by atoms with van der Waals surface area (Å²) in [5.41, 5.74) is 1.76. The molecule has 6 heteroatoms. The average Bonchev–Trinajstić information content (AvgIpc) is 2.48. The fourth-order valence-corrected chi connectivity index (χ4v) is 4.27. The molecule has 1 heterocycles. The van der Waals surface area contributed by atoms with Gasteiger partial charge in [0, 0.05) is 6.54 Å². The molecule has 0 bridgehead atoms. The largest absolute Gasteiger partial charge is 0.303 e. The van der Waals surface area contributed by atoms with E-state index >= 15 is 0 Å². The van der Waals surface area contributed by atoms with Crippen molar-refractivity contribution in [2.75, 3.05) is 26.2 Å². The molecule has 0 radical (unpaired) electrons. The van der Waals surface area contributed by atoms with Crippen LogP contribution in [0.3, 0.4) is 0 Å². The molecule has 0 amide bonds. The van der Waals surface area contributed by atoms with Gasteiger partial charge in [-0.1, -0.05) is 19.1 Å². The van der Waals surface area contributed by atoms with E-state index in [9.17, 15) is 8.42 Å². The first-order valence-corrected chi connectivity index (χ1v) is 9.66. The summed E-state index contributed by atoms with van der Waals surface area (Å²) in [6.07, 6.45) is 3.38.